The van der Waals surface area contributed by atoms with Crippen molar-refractivity contribution in [1.82, 2.24) is 0 Å². The minimum atomic E-state index is -0.611. The van der Waals surface area contributed by atoms with Gasteiger partial charge in [-0.2, -0.15) is 12.6 Å². The highest BCUT2D eigenvalue weighted by atomic mass is 32.1. The highest BCUT2D eigenvalue weighted by Crippen LogP contribution is 2.20. The van der Waals surface area contributed by atoms with Gasteiger partial charge in [0.2, 0.25) is 0 Å². The first kappa shape index (κ1) is 10.7. The summed E-state index contributed by atoms with van der Waals surface area (Å²) in [7, 11) is 0. The molecule has 0 aliphatic heterocycles. The van der Waals surface area contributed by atoms with Crippen LogP contribution in [0.1, 0.15) is 5.56 Å². The number of benzene rings is 1. The van der Waals surface area contributed by atoms with Crippen molar-refractivity contribution < 1.29 is 9.31 Å². The van der Waals surface area contributed by atoms with Crippen LogP contribution in [0.2, 0.25) is 0 Å². The van der Waals surface area contributed by atoms with Crippen LogP contribution in [-0.2, 0) is 0 Å². The van der Waals surface area contributed by atoms with Crippen LogP contribution in [0.5, 0.6) is 0 Å². The van der Waals surface area contributed by atoms with Gasteiger partial charge >= 0.3 is 0 Å². The minimum Gasteiger partial charge on any atom is -0.258 e. The summed E-state index contributed by atoms with van der Waals surface area (Å²) in [6, 6.07) is 3.46. The van der Waals surface area contributed by atoms with Gasteiger partial charge < -0.3 is 0 Å². The van der Waals surface area contributed by atoms with Crippen LogP contribution < -0.4 is 0 Å². The lowest BCUT2D eigenvalue weighted by Crippen LogP contribution is -1.92. The molecule has 0 atom stereocenters. The van der Waals surface area contributed by atoms with Gasteiger partial charge in [0.15, 0.2) is 0 Å². The molecule has 0 unspecified atom stereocenters. The number of halogens is 1. The first-order chi connectivity index (χ1) is 6.65. The van der Waals surface area contributed by atoms with Gasteiger partial charge in [-0.1, -0.05) is 12.2 Å². The monoisotopic (exact) mass is 213 g/mol. The quantitative estimate of drug-likeness (QED) is 0.476. The SMILES string of the molecule is O=[N+]([O-])c1cc(F)ccc1C=CCS. The minimum absolute atomic E-state index is 0.233. The van der Waals surface area contributed by atoms with Crippen molar-refractivity contribution in [2.45, 2.75) is 0 Å². The van der Waals surface area contributed by atoms with Gasteiger partial charge in [-0.3, -0.25) is 10.1 Å². The number of nitro groups is 1. The van der Waals surface area contributed by atoms with Gasteiger partial charge in [0.1, 0.15) is 5.82 Å². The Morgan fingerprint density at radius 2 is 2.29 bits per heavy atom. The van der Waals surface area contributed by atoms with E-state index in [0.29, 0.717) is 11.3 Å². The third-order valence-corrected chi connectivity index (χ3v) is 1.80. The molecule has 3 nitrogen and oxygen atoms in total. The fourth-order valence-corrected chi connectivity index (χ4v) is 1.10. The predicted octanol–water partition coefficient (Wildman–Crippen LogP) is 2.68. The standard InChI is InChI=1S/C9H8FNO2S/c10-8-4-3-7(2-1-5-14)9(6-8)11(12)13/h1-4,6,14H,5H2. The molecule has 0 saturated heterocycles. The van der Waals surface area contributed by atoms with Crippen LogP contribution in [0.25, 0.3) is 6.08 Å². The Bertz CT molecular complexity index is 379. The maximum Gasteiger partial charge on any atom is 0.279 e. The van der Waals surface area contributed by atoms with Gasteiger partial charge in [0.05, 0.1) is 16.6 Å². The molecular weight excluding hydrogens is 205 g/mol. The van der Waals surface area contributed by atoms with Gasteiger partial charge in [0.25, 0.3) is 5.69 Å². The van der Waals surface area contributed by atoms with Crippen molar-refractivity contribution in [3.05, 3.63) is 45.8 Å². The maximum absolute atomic E-state index is 12.7. The van der Waals surface area contributed by atoms with E-state index in [0.717, 1.165) is 6.07 Å². The molecule has 1 aromatic carbocycles. The highest BCUT2D eigenvalue weighted by molar-refractivity contribution is 7.80. The number of thiol groups is 1. The smallest absolute Gasteiger partial charge is 0.258 e. The normalized spacial score (nSPS) is 10.7. The van der Waals surface area contributed by atoms with Crippen molar-refractivity contribution in [1.29, 1.82) is 0 Å². The summed E-state index contributed by atoms with van der Waals surface area (Å²) < 4.78 is 12.7. The number of rotatable bonds is 3. The zero-order valence-corrected chi connectivity index (χ0v) is 8.08. The fourth-order valence-electron chi connectivity index (χ4n) is 0.996. The maximum atomic E-state index is 12.7. The molecule has 0 amide bonds. The molecule has 14 heavy (non-hydrogen) atoms. The van der Waals surface area contributed by atoms with E-state index in [4.69, 9.17) is 0 Å². The van der Waals surface area contributed by atoms with Crippen LogP contribution in [0, 0.1) is 15.9 Å². The fraction of sp³-hybridized carbons (Fsp3) is 0.111. The lowest BCUT2D eigenvalue weighted by molar-refractivity contribution is -0.385. The average Bonchev–Trinajstić information content (AvgIpc) is 2.15. The molecule has 0 saturated carbocycles. The van der Waals surface area contributed by atoms with Crippen LogP contribution >= 0.6 is 12.6 Å². The Hall–Kier alpha value is -1.36. The molecule has 0 aliphatic carbocycles. The first-order valence-electron chi connectivity index (χ1n) is 3.86. The summed E-state index contributed by atoms with van der Waals surface area (Å²) in [5.74, 6) is -0.131. The second-order valence-electron chi connectivity index (χ2n) is 2.55. The Balaban J connectivity index is 3.15. The highest BCUT2D eigenvalue weighted by Gasteiger charge is 2.11. The largest absolute Gasteiger partial charge is 0.279 e. The van der Waals surface area contributed by atoms with Crippen LogP contribution in [0.3, 0.4) is 0 Å². The van der Waals surface area contributed by atoms with E-state index >= 15 is 0 Å². The second-order valence-corrected chi connectivity index (χ2v) is 2.91. The third kappa shape index (κ3) is 2.56. The predicted molar refractivity (Wildman–Crippen MR) is 55.9 cm³/mol. The van der Waals surface area contributed by atoms with Crippen LogP contribution in [0.15, 0.2) is 24.3 Å². The third-order valence-electron chi connectivity index (χ3n) is 1.59. The van der Waals surface area contributed by atoms with E-state index in [9.17, 15) is 14.5 Å². The zero-order valence-electron chi connectivity index (χ0n) is 7.18. The summed E-state index contributed by atoms with van der Waals surface area (Å²) in [6.45, 7) is 0. The molecule has 0 bridgehead atoms. The van der Waals surface area contributed by atoms with Crippen molar-refractivity contribution in [3.63, 3.8) is 0 Å². The van der Waals surface area contributed by atoms with Gasteiger partial charge in [-0.25, -0.2) is 4.39 Å². The molecule has 5 heteroatoms. The molecule has 74 valence electrons. The van der Waals surface area contributed by atoms with Crippen molar-refractivity contribution >= 4 is 24.4 Å². The Kier molecular flexibility index (Phi) is 3.64. The second kappa shape index (κ2) is 4.76. The summed E-state index contributed by atoms with van der Waals surface area (Å²) in [5, 5.41) is 10.5. The van der Waals surface area contributed by atoms with E-state index in [1.54, 1.807) is 12.2 Å². The van der Waals surface area contributed by atoms with Crippen LogP contribution in [-0.4, -0.2) is 10.7 Å². The van der Waals surface area contributed by atoms with Crippen molar-refractivity contribution in [2.75, 3.05) is 5.75 Å². The van der Waals surface area contributed by atoms with Gasteiger partial charge in [-0.05, 0) is 12.1 Å². The summed E-state index contributed by atoms with van der Waals surface area (Å²) in [5.41, 5.74) is 0.147. The molecule has 0 aliphatic rings. The number of hydrogen-bond acceptors (Lipinski definition) is 3. The summed E-state index contributed by atoms with van der Waals surface area (Å²) in [4.78, 5) is 9.91. The van der Waals surface area contributed by atoms with E-state index in [2.05, 4.69) is 12.6 Å². The molecule has 0 spiro atoms. The number of hydrogen-bond donors (Lipinski definition) is 1. The first-order valence-corrected chi connectivity index (χ1v) is 4.49. The lowest BCUT2D eigenvalue weighted by Gasteiger charge is -1.96. The van der Waals surface area contributed by atoms with E-state index < -0.39 is 10.7 Å². The Morgan fingerprint density at radius 3 is 2.86 bits per heavy atom. The average molecular weight is 213 g/mol. The van der Waals surface area contributed by atoms with Crippen molar-refractivity contribution in [2.24, 2.45) is 0 Å². The molecule has 0 heterocycles. The molecule has 1 aromatic rings. The molecular formula is C9H8FNO2S. The lowest BCUT2D eigenvalue weighted by atomic mass is 10.1. The Morgan fingerprint density at radius 1 is 1.57 bits per heavy atom. The number of nitro benzene ring substituents is 1. The van der Waals surface area contributed by atoms with E-state index in [1.807, 2.05) is 0 Å². The summed E-state index contributed by atoms with van der Waals surface area (Å²) in [6.07, 6.45) is 3.20. The molecule has 0 N–H and O–H groups in total. The van der Waals surface area contributed by atoms with E-state index in [1.165, 1.54) is 12.1 Å². The number of nitrogens with zero attached hydrogens (tertiary/aromatic N) is 1. The molecule has 0 aromatic heterocycles. The van der Waals surface area contributed by atoms with Crippen LogP contribution in [0.4, 0.5) is 10.1 Å². The van der Waals surface area contributed by atoms with E-state index in [-0.39, 0.29) is 5.69 Å². The molecule has 0 fully saturated rings. The molecule has 0 radical (unpaired) electrons. The van der Waals surface area contributed by atoms with Gasteiger partial charge in [0, 0.05) is 5.75 Å². The zero-order chi connectivity index (χ0) is 10.6. The van der Waals surface area contributed by atoms with Crippen molar-refractivity contribution in [3.8, 4) is 0 Å². The summed E-state index contributed by atoms with van der Waals surface area (Å²) >= 11 is 3.93. The topological polar surface area (TPSA) is 43.1 Å². The van der Waals surface area contributed by atoms with Gasteiger partial charge in [-0.15, -0.1) is 0 Å². The molecule has 1 rings (SSSR count). The Labute approximate surface area is 85.8 Å².